The quantitative estimate of drug-likeness (QED) is 0.695. The van der Waals surface area contributed by atoms with Crippen LogP contribution >= 0.6 is 0 Å². The number of carbonyl (C=O) groups excluding carboxylic acids is 1. The van der Waals surface area contributed by atoms with Crippen molar-refractivity contribution in [3.05, 3.63) is 29.8 Å². The van der Waals surface area contributed by atoms with Gasteiger partial charge in [-0.2, -0.15) is 4.31 Å². The second-order valence-electron chi connectivity index (χ2n) is 5.42. The number of nitrogens with zero attached hydrogens (tertiary/aromatic N) is 2. The number of carbonyl (C=O) groups is 1. The number of para-hydroxylation sites is 1. The SMILES string of the molecule is COc1ccccc1C(=O)NCCN(CCN(C)C)S(C)(=O)=O. The minimum atomic E-state index is -3.31. The van der Waals surface area contributed by atoms with Crippen LogP contribution in [0.25, 0.3) is 0 Å². The summed E-state index contributed by atoms with van der Waals surface area (Å²) in [4.78, 5) is 14.1. The standard InChI is InChI=1S/C15H25N3O4S/c1-17(2)11-12-18(23(4,20)21)10-9-16-15(19)13-7-5-6-8-14(13)22-3/h5-8H,9-12H2,1-4H3,(H,16,19). The first-order valence-electron chi connectivity index (χ1n) is 7.26. The fourth-order valence-corrected chi connectivity index (χ4v) is 2.81. The molecule has 0 aromatic heterocycles. The number of hydrogen-bond acceptors (Lipinski definition) is 5. The summed E-state index contributed by atoms with van der Waals surface area (Å²) in [6, 6.07) is 6.89. The second-order valence-corrected chi connectivity index (χ2v) is 7.40. The molecule has 0 aliphatic rings. The third-order valence-corrected chi connectivity index (χ3v) is 4.57. The fraction of sp³-hybridized carbons (Fsp3) is 0.533. The van der Waals surface area contributed by atoms with Crippen LogP contribution in [0, 0.1) is 0 Å². The summed E-state index contributed by atoms with van der Waals surface area (Å²) in [7, 11) is 1.95. The van der Waals surface area contributed by atoms with Gasteiger partial charge < -0.3 is 15.0 Å². The molecular formula is C15H25N3O4S. The van der Waals surface area contributed by atoms with Crippen LogP contribution in [0.4, 0.5) is 0 Å². The Morgan fingerprint density at radius 1 is 1.17 bits per heavy atom. The lowest BCUT2D eigenvalue weighted by Crippen LogP contribution is -2.41. The van der Waals surface area contributed by atoms with Crippen molar-refractivity contribution in [2.45, 2.75) is 0 Å². The molecule has 0 unspecified atom stereocenters. The van der Waals surface area contributed by atoms with E-state index >= 15 is 0 Å². The van der Waals surface area contributed by atoms with E-state index in [2.05, 4.69) is 5.32 Å². The summed E-state index contributed by atoms with van der Waals surface area (Å²) in [5.74, 6) is 0.195. The van der Waals surface area contributed by atoms with Gasteiger partial charge in [0.05, 0.1) is 18.9 Å². The van der Waals surface area contributed by atoms with Crippen LogP contribution < -0.4 is 10.1 Å². The Morgan fingerprint density at radius 3 is 2.39 bits per heavy atom. The van der Waals surface area contributed by atoms with Gasteiger partial charge in [0, 0.05) is 26.2 Å². The van der Waals surface area contributed by atoms with E-state index in [0.29, 0.717) is 24.4 Å². The molecule has 0 heterocycles. The van der Waals surface area contributed by atoms with Gasteiger partial charge in [-0.05, 0) is 26.2 Å². The Balaban J connectivity index is 2.60. The molecule has 0 aliphatic carbocycles. The molecule has 0 bridgehead atoms. The molecule has 1 aromatic carbocycles. The van der Waals surface area contributed by atoms with Gasteiger partial charge in [-0.25, -0.2) is 8.42 Å². The largest absolute Gasteiger partial charge is 0.496 e. The molecule has 1 aromatic rings. The topological polar surface area (TPSA) is 79.0 Å². The third-order valence-electron chi connectivity index (χ3n) is 3.26. The predicted molar refractivity (Wildman–Crippen MR) is 90.3 cm³/mol. The number of likely N-dealkylation sites (N-methyl/N-ethyl adjacent to an activating group) is 1. The van der Waals surface area contributed by atoms with E-state index in [1.165, 1.54) is 17.7 Å². The summed E-state index contributed by atoms with van der Waals surface area (Å²) >= 11 is 0. The third kappa shape index (κ3) is 6.55. The Hall–Kier alpha value is -1.64. The molecule has 0 spiro atoms. The summed E-state index contributed by atoms with van der Waals surface area (Å²) in [5, 5.41) is 2.73. The summed E-state index contributed by atoms with van der Waals surface area (Å²) in [5.41, 5.74) is 0.425. The van der Waals surface area contributed by atoms with Crippen LogP contribution in [0.15, 0.2) is 24.3 Å². The molecular weight excluding hydrogens is 318 g/mol. The number of nitrogens with one attached hydrogen (secondary N) is 1. The van der Waals surface area contributed by atoms with Crippen LogP contribution in [0.2, 0.25) is 0 Å². The van der Waals surface area contributed by atoms with Gasteiger partial charge in [-0.3, -0.25) is 4.79 Å². The van der Waals surface area contributed by atoms with Gasteiger partial charge in [0.25, 0.3) is 5.91 Å². The fourth-order valence-electron chi connectivity index (χ4n) is 1.98. The minimum Gasteiger partial charge on any atom is -0.496 e. The van der Waals surface area contributed by atoms with Crippen molar-refractivity contribution in [1.29, 1.82) is 0 Å². The molecule has 0 radical (unpaired) electrons. The van der Waals surface area contributed by atoms with E-state index in [0.717, 1.165) is 0 Å². The Labute approximate surface area is 138 Å². The van der Waals surface area contributed by atoms with Crippen molar-refractivity contribution in [1.82, 2.24) is 14.5 Å². The van der Waals surface area contributed by atoms with Crippen molar-refractivity contribution >= 4 is 15.9 Å². The summed E-state index contributed by atoms with van der Waals surface area (Å²) in [6.07, 6.45) is 1.17. The van der Waals surface area contributed by atoms with E-state index in [1.807, 2.05) is 19.0 Å². The van der Waals surface area contributed by atoms with E-state index in [1.54, 1.807) is 24.3 Å². The van der Waals surface area contributed by atoms with E-state index in [4.69, 9.17) is 4.74 Å². The van der Waals surface area contributed by atoms with Gasteiger partial charge >= 0.3 is 0 Å². The van der Waals surface area contributed by atoms with Gasteiger partial charge in [-0.1, -0.05) is 12.1 Å². The summed E-state index contributed by atoms with van der Waals surface area (Å²) < 4.78 is 30.0. The van der Waals surface area contributed by atoms with Crippen molar-refractivity contribution < 1.29 is 17.9 Å². The van der Waals surface area contributed by atoms with Gasteiger partial charge in [0.2, 0.25) is 10.0 Å². The highest BCUT2D eigenvalue weighted by Crippen LogP contribution is 2.16. The van der Waals surface area contributed by atoms with E-state index in [9.17, 15) is 13.2 Å². The number of methoxy groups -OCH3 is 1. The molecule has 8 heteroatoms. The first-order valence-corrected chi connectivity index (χ1v) is 9.11. The zero-order chi connectivity index (χ0) is 17.5. The monoisotopic (exact) mass is 343 g/mol. The highest BCUT2D eigenvalue weighted by atomic mass is 32.2. The maximum atomic E-state index is 12.2. The predicted octanol–water partition coefficient (Wildman–Crippen LogP) is 0.248. The van der Waals surface area contributed by atoms with Crippen LogP contribution in [0.1, 0.15) is 10.4 Å². The van der Waals surface area contributed by atoms with E-state index in [-0.39, 0.29) is 19.0 Å². The first-order chi connectivity index (χ1) is 10.8. The molecule has 0 saturated heterocycles. The van der Waals surface area contributed by atoms with Crippen LogP contribution in [0.5, 0.6) is 5.75 Å². The van der Waals surface area contributed by atoms with Crippen LogP contribution in [-0.2, 0) is 10.0 Å². The zero-order valence-electron chi connectivity index (χ0n) is 14.1. The van der Waals surface area contributed by atoms with E-state index < -0.39 is 10.0 Å². The molecule has 0 fully saturated rings. The molecule has 0 aliphatic heterocycles. The van der Waals surface area contributed by atoms with Gasteiger partial charge in [-0.15, -0.1) is 0 Å². The molecule has 1 N–H and O–H groups in total. The number of amides is 1. The number of benzene rings is 1. The molecule has 1 amide bonds. The maximum Gasteiger partial charge on any atom is 0.255 e. The highest BCUT2D eigenvalue weighted by Gasteiger charge is 2.17. The smallest absolute Gasteiger partial charge is 0.255 e. The zero-order valence-corrected chi connectivity index (χ0v) is 14.9. The van der Waals surface area contributed by atoms with Crippen LogP contribution in [-0.4, -0.2) is 77.2 Å². The van der Waals surface area contributed by atoms with Gasteiger partial charge in [0.15, 0.2) is 0 Å². The van der Waals surface area contributed by atoms with Crippen LogP contribution in [0.3, 0.4) is 0 Å². The minimum absolute atomic E-state index is 0.230. The summed E-state index contributed by atoms with van der Waals surface area (Å²) in [6.45, 7) is 1.47. The van der Waals surface area contributed by atoms with Crippen molar-refractivity contribution in [3.63, 3.8) is 0 Å². The average Bonchev–Trinajstić information content (AvgIpc) is 2.48. The lowest BCUT2D eigenvalue weighted by atomic mass is 10.2. The molecule has 7 nitrogen and oxygen atoms in total. The molecule has 1 rings (SSSR count). The Kier molecular flexibility index (Phi) is 7.47. The Bertz CT molecular complexity index is 617. The maximum absolute atomic E-state index is 12.2. The van der Waals surface area contributed by atoms with Crippen molar-refractivity contribution in [2.75, 3.05) is 53.6 Å². The lowest BCUT2D eigenvalue weighted by molar-refractivity contribution is 0.0948. The van der Waals surface area contributed by atoms with Gasteiger partial charge in [0.1, 0.15) is 5.75 Å². The normalized spacial score (nSPS) is 11.7. The van der Waals surface area contributed by atoms with Crippen molar-refractivity contribution in [2.24, 2.45) is 0 Å². The molecule has 0 atom stereocenters. The number of hydrogen-bond donors (Lipinski definition) is 1. The number of rotatable bonds is 9. The molecule has 23 heavy (non-hydrogen) atoms. The molecule has 0 saturated carbocycles. The van der Waals surface area contributed by atoms with Crippen molar-refractivity contribution in [3.8, 4) is 5.75 Å². The average molecular weight is 343 g/mol. The lowest BCUT2D eigenvalue weighted by Gasteiger charge is -2.22. The highest BCUT2D eigenvalue weighted by molar-refractivity contribution is 7.88. The molecule has 130 valence electrons. The number of ether oxygens (including phenoxy) is 1. The second kappa shape index (κ2) is 8.85. The number of sulfonamides is 1. The first kappa shape index (κ1) is 19.4. The Morgan fingerprint density at radius 2 is 1.83 bits per heavy atom.